The molecule has 2 N–H and O–H groups in total. The molecule has 1 aromatic carbocycles. The number of benzene rings is 1. The lowest BCUT2D eigenvalue weighted by Crippen LogP contribution is -2.51. The van der Waals surface area contributed by atoms with Gasteiger partial charge < -0.3 is 5.32 Å². The Balaban J connectivity index is 1.95. The van der Waals surface area contributed by atoms with E-state index in [2.05, 4.69) is 17.7 Å². The molecular weight excluding hydrogens is 272 g/mol. The summed E-state index contributed by atoms with van der Waals surface area (Å²) in [6.07, 6.45) is 3.42. The fraction of sp³-hybridized carbons (Fsp3) is 0.429. The summed E-state index contributed by atoms with van der Waals surface area (Å²) < 4.78 is 0. The minimum Gasteiger partial charge on any atom is -0.345 e. The Labute approximate surface area is 124 Å². The molecule has 1 fully saturated rings. The molecular formula is C14H20N4OS. The van der Waals surface area contributed by atoms with Crippen LogP contribution in [0, 0.1) is 0 Å². The normalized spacial score (nSPS) is 15.2. The van der Waals surface area contributed by atoms with Crippen molar-refractivity contribution in [1.82, 2.24) is 20.9 Å². The van der Waals surface area contributed by atoms with Crippen molar-refractivity contribution in [3.63, 3.8) is 0 Å². The standard InChI is InChI=1S/C14H20N4OS/c1-2-3-7-10-17-11-15-14(20)18(17)16-13(19)12-8-5-4-6-9-12/h4-6,8-9H,2-3,7,10-11H2,1H3,(H,15,20)(H,16,19). The maximum Gasteiger partial charge on any atom is 0.271 e. The first-order valence-corrected chi connectivity index (χ1v) is 7.32. The zero-order chi connectivity index (χ0) is 14.4. The summed E-state index contributed by atoms with van der Waals surface area (Å²) in [7, 11) is 0. The fourth-order valence-electron chi connectivity index (χ4n) is 2.03. The molecule has 1 amide bonds. The van der Waals surface area contributed by atoms with Crippen LogP contribution in [0.25, 0.3) is 0 Å². The summed E-state index contributed by atoms with van der Waals surface area (Å²) in [6, 6.07) is 9.13. The zero-order valence-electron chi connectivity index (χ0n) is 11.6. The van der Waals surface area contributed by atoms with Gasteiger partial charge in [-0.25, -0.2) is 5.43 Å². The van der Waals surface area contributed by atoms with Crippen LogP contribution in [0.15, 0.2) is 30.3 Å². The summed E-state index contributed by atoms with van der Waals surface area (Å²) in [5.74, 6) is -0.155. The lowest BCUT2D eigenvalue weighted by Gasteiger charge is -2.27. The van der Waals surface area contributed by atoms with Crippen molar-refractivity contribution < 1.29 is 4.79 Å². The molecule has 0 atom stereocenters. The minimum absolute atomic E-state index is 0.155. The third-order valence-corrected chi connectivity index (χ3v) is 3.47. The van der Waals surface area contributed by atoms with Crippen LogP contribution < -0.4 is 10.7 Å². The second-order valence-corrected chi connectivity index (χ2v) is 5.08. The number of carbonyl (C=O) groups is 1. The van der Waals surface area contributed by atoms with Crippen molar-refractivity contribution in [3.05, 3.63) is 35.9 Å². The van der Waals surface area contributed by atoms with Gasteiger partial charge in [-0.15, -0.1) is 0 Å². The Kier molecular flexibility index (Phi) is 5.31. The van der Waals surface area contributed by atoms with Crippen molar-refractivity contribution in [2.45, 2.75) is 26.2 Å². The second kappa shape index (κ2) is 7.21. The summed E-state index contributed by atoms with van der Waals surface area (Å²) in [6.45, 7) is 3.68. The number of hydrogen-bond donors (Lipinski definition) is 2. The highest BCUT2D eigenvalue weighted by Crippen LogP contribution is 2.07. The number of hydrazine groups is 2. The Morgan fingerprint density at radius 1 is 1.35 bits per heavy atom. The van der Waals surface area contributed by atoms with Gasteiger partial charge in [-0.1, -0.05) is 38.0 Å². The number of hydrogen-bond acceptors (Lipinski definition) is 3. The Morgan fingerprint density at radius 3 is 2.80 bits per heavy atom. The molecule has 1 aliphatic rings. The SMILES string of the molecule is CCCCCN1CNC(=S)N1NC(=O)c1ccccc1. The molecule has 0 saturated carbocycles. The quantitative estimate of drug-likeness (QED) is 0.619. The summed E-state index contributed by atoms with van der Waals surface area (Å²) >= 11 is 5.22. The van der Waals surface area contributed by atoms with Gasteiger partial charge in [0.15, 0.2) is 0 Å². The van der Waals surface area contributed by atoms with Crippen LogP contribution in [-0.2, 0) is 0 Å². The molecule has 0 spiro atoms. The highest BCUT2D eigenvalue weighted by Gasteiger charge is 2.26. The molecule has 0 aromatic heterocycles. The average Bonchev–Trinajstić information content (AvgIpc) is 2.81. The number of carbonyl (C=O) groups excluding carboxylic acids is 1. The maximum atomic E-state index is 12.2. The van der Waals surface area contributed by atoms with Crippen molar-refractivity contribution >= 4 is 23.2 Å². The molecule has 1 aliphatic heterocycles. The molecule has 1 aromatic rings. The molecule has 2 rings (SSSR count). The molecule has 0 unspecified atom stereocenters. The predicted molar refractivity (Wildman–Crippen MR) is 82.6 cm³/mol. The number of amides is 1. The van der Waals surface area contributed by atoms with E-state index in [-0.39, 0.29) is 5.91 Å². The molecule has 0 radical (unpaired) electrons. The molecule has 20 heavy (non-hydrogen) atoms. The van der Waals surface area contributed by atoms with Crippen LogP contribution >= 0.6 is 12.2 Å². The number of unbranched alkanes of at least 4 members (excludes halogenated alkanes) is 2. The van der Waals surface area contributed by atoms with Gasteiger partial charge in [0, 0.05) is 12.1 Å². The molecule has 108 valence electrons. The highest BCUT2D eigenvalue weighted by atomic mass is 32.1. The van der Waals surface area contributed by atoms with Crippen LogP contribution in [0.1, 0.15) is 36.5 Å². The number of nitrogens with zero attached hydrogens (tertiary/aromatic N) is 2. The van der Waals surface area contributed by atoms with Gasteiger partial charge in [0.05, 0.1) is 6.67 Å². The minimum atomic E-state index is -0.155. The van der Waals surface area contributed by atoms with Gasteiger partial charge in [-0.2, -0.15) is 10.1 Å². The third-order valence-electron chi connectivity index (χ3n) is 3.15. The molecule has 1 saturated heterocycles. The topological polar surface area (TPSA) is 47.6 Å². The van der Waals surface area contributed by atoms with E-state index in [1.54, 1.807) is 17.3 Å². The predicted octanol–water partition coefficient (Wildman–Crippen LogP) is 1.89. The average molecular weight is 292 g/mol. The second-order valence-electron chi connectivity index (χ2n) is 4.70. The van der Waals surface area contributed by atoms with Gasteiger partial charge in [0.1, 0.15) is 0 Å². The van der Waals surface area contributed by atoms with Crippen molar-refractivity contribution in [3.8, 4) is 0 Å². The summed E-state index contributed by atoms with van der Waals surface area (Å²) in [5, 5.41) is 7.26. The monoisotopic (exact) mass is 292 g/mol. The lowest BCUT2D eigenvalue weighted by atomic mass is 10.2. The van der Waals surface area contributed by atoms with Gasteiger partial charge in [-0.3, -0.25) is 4.79 Å². The van der Waals surface area contributed by atoms with Crippen molar-refractivity contribution in [1.29, 1.82) is 0 Å². The number of nitrogens with one attached hydrogen (secondary N) is 2. The zero-order valence-corrected chi connectivity index (χ0v) is 12.4. The smallest absolute Gasteiger partial charge is 0.271 e. The Hall–Kier alpha value is -1.66. The molecule has 5 nitrogen and oxygen atoms in total. The molecule has 0 bridgehead atoms. The van der Waals surface area contributed by atoms with E-state index in [4.69, 9.17) is 12.2 Å². The van der Waals surface area contributed by atoms with E-state index < -0.39 is 0 Å². The van der Waals surface area contributed by atoms with Gasteiger partial charge in [0.25, 0.3) is 5.91 Å². The van der Waals surface area contributed by atoms with Gasteiger partial charge in [0.2, 0.25) is 5.11 Å². The first kappa shape index (κ1) is 14.7. The van der Waals surface area contributed by atoms with Crippen LogP contribution in [0.3, 0.4) is 0 Å². The van der Waals surface area contributed by atoms with Gasteiger partial charge in [-0.05, 0) is 30.8 Å². The van der Waals surface area contributed by atoms with E-state index >= 15 is 0 Å². The van der Waals surface area contributed by atoms with Crippen LogP contribution in [0.5, 0.6) is 0 Å². The summed E-state index contributed by atoms with van der Waals surface area (Å²) in [5.41, 5.74) is 3.46. The largest absolute Gasteiger partial charge is 0.345 e. The van der Waals surface area contributed by atoms with E-state index in [1.165, 1.54) is 12.8 Å². The van der Waals surface area contributed by atoms with Crippen LogP contribution in [-0.4, -0.2) is 34.4 Å². The van der Waals surface area contributed by atoms with Crippen molar-refractivity contribution in [2.75, 3.05) is 13.2 Å². The van der Waals surface area contributed by atoms with Gasteiger partial charge >= 0.3 is 0 Å². The molecule has 6 heteroatoms. The first-order chi connectivity index (χ1) is 9.72. The Morgan fingerprint density at radius 2 is 2.10 bits per heavy atom. The van der Waals surface area contributed by atoms with Crippen LogP contribution in [0.2, 0.25) is 0 Å². The molecule has 1 heterocycles. The fourth-order valence-corrected chi connectivity index (χ4v) is 2.25. The van der Waals surface area contributed by atoms with E-state index in [1.807, 2.05) is 23.2 Å². The number of rotatable bonds is 6. The molecule has 0 aliphatic carbocycles. The lowest BCUT2D eigenvalue weighted by molar-refractivity contribution is 0.0239. The Bertz CT molecular complexity index is 466. The van der Waals surface area contributed by atoms with Crippen LogP contribution in [0.4, 0.5) is 0 Å². The van der Waals surface area contributed by atoms with E-state index in [0.717, 1.165) is 13.0 Å². The van der Waals surface area contributed by atoms with E-state index in [9.17, 15) is 4.79 Å². The highest BCUT2D eigenvalue weighted by molar-refractivity contribution is 7.80. The van der Waals surface area contributed by atoms with E-state index in [0.29, 0.717) is 17.3 Å². The third kappa shape index (κ3) is 3.68. The summed E-state index contributed by atoms with van der Waals surface area (Å²) in [4.78, 5) is 12.2. The number of thiocarbonyl (C=S) groups is 1. The maximum absolute atomic E-state index is 12.2. The first-order valence-electron chi connectivity index (χ1n) is 6.91. The van der Waals surface area contributed by atoms with Crippen molar-refractivity contribution in [2.24, 2.45) is 0 Å².